The molecule has 2 unspecified atom stereocenters. The van der Waals surface area contributed by atoms with Crippen LogP contribution in [0.3, 0.4) is 0 Å². The highest BCUT2D eigenvalue weighted by Gasteiger charge is 2.26. The van der Waals surface area contributed by atoms with E-state index in [9.17, 15) is 4.79 Å². The van der Waals surface area contributed by atoms with Crippen molar-refractivity contribution in [1.82, 2.24) is 4.90 Å². The van der Waals surface area contributed by atoms with Crippen LogP contribution < -0.4 is 11.1 Å². The van der Waals surface area contributed by atoms with Crippen molar-refractivity contribution in [1.29, 1.82) is 0 Å². The third-order valence-corrected chi connectivity index (χ3v) is 4.38. The van der Waals surface area contributed by atoms with Crippen LogP contribution in [0, 0.1) is 5.92 Å². The molecule has 0 saturated carbocycles. The van der Waals surface area contributed by atoms with Crippen molar-refractivity contribution in [3.8, 4) is 0 Å². The van der Waals surface area contributed by atoms with Gasteiger partial charge in [-0.2, -0.15) is 0 Å². The summed E-state index contributed by atoms with van der Waals surface area (Å²) in [4.78, 5) is 14.3. The van der Waals surface area contributed by atoms with Crippen molar-refractivity contribution >= 4 is 27.5 Å². The van der Waals surface area contributed by atoms with Crippen LogP contribution in [0.15, 0.2) is 28.7 Å². The van der Waals surface area contributed by atoms with E-state index in [1.807, 2.05) is 24.3 Å². The van der Waals surface area contributed by atoms with Gasteiger partial charge >= 0.3 is 0 Å². The number of hydrogen-bond acceptors (Lipinski definition) is 3. The Balaban J connectivity index is 1.88. The first-order chi connectivity index (χ1) is 9.58. The summed E-state index contributed by atoms with van der Waals surface area (Å²) in [5.41, 5.74) is 6.65. The first-order valence-corrected chi connectivity index (χ1v) is 7.87. The molecule has 2 rings (SSSR count). The van der Waals surface area contributed by atoms with Gasteiger partial charge < -0.3 is 11.1 Å². The van der Waals surface area contributed by atoms with Crippen LogP contribution >= 0.6 is 15.9 Å². The number of nitrogens with two attached hydrogens (primary N) is 1. The minimum Gasteiger partial charge on any atom is -0.329 e. The first kappa shape index (κ1) is 15.5. The number of nitrogens with zero attached hydrogens (tertiary/aromatic N) is 1. The smallest absolute Gasteiger partial charge is 0.238 e. The molecule has 0 aromatic heterocycles. The molecule has 1 fully saturated rings. The molecule has 2 atom stereocenters. The van der Waals surface area contributed by atoms with E-state index in [-0.39, 0.29) is 5.91 Å². The van der Waals surface area contributed by atoms with Crippen molar-refractivity contribution in [2.75, 3.05) is 25.0 Å². The second kappa shape index (κ2) is 7.20. The Hall–Kier alpha value is -0.910. The van der Waals surface area contributed by atoms with Gasteiger partial charge in [-0.1, -0.05) is 22.9 Å². The fourth-order valence-electron chi connectivity index (χ4n) is 2.67. The predicted octanol–water partition coefficient (Wildman–Crippen LogP) is 2.45. The summed E-state index contributed by atoms with van der Waals surface area (Å²) < 4.78 is 1.00. The van der Waals surface area contributed by atoms with Crippen LogP contribution in [-0.4, -0.2) is 36.5 Å². The van der Waals surface area contributed by atoms with Crippen molar-refractivity contribution in [2.24, 2.45) is 11.7 Å². The zero-order valence-electron chi connectivity index (χ0n) is 11.8. The minimum absolute atomic E-state index is 0.0281. The summed E-state index contributed by atoms with van der Waals surface area (Å²) in [5, 5.41) is 2.93. The Morgan fingerprint density at radius 2 is 2.15 bits per heavy atom. The molecule has 0 aliphatic carbocycles. The molecule has 110 valence electrons. The van der Waals surface area contributed by atoms with E-state index < -0.39 is 0 Å². The molecule has 1 heterocycles. The molecule has 0 spiro atoms. The van der Waals surface area contributed by atoms with Crippen LogP contribution in [0.5, 0.6) is 0 Å². The van der Waals surface area contributed by atoms with Crippen LogP contribution in [0.2, 0.25) is 0 Å². The Kier molecular flexibility index (Phi) is 5.57. The minimum atomic E-state index is 0.0281. The van der Waals surface area contributed by atoms with Crippen LogP contribution in [0.4, 0.5) is 5.69 Å². The topological polar surface area (TPSA) is 58.4 Å². The molecule has 1 saturated heterocycles. The summed E-state index contributed by atoms with van der Waals surface area (Å²) in [6.07, 6.45) is 2.23. The lowest BCUT2D eigenvalue weighted by atomic mass is 9.92. The highest BCUT2D eigenvalue weighted by molar-refractivity contribution is 9.10. The lowest BCUT2D eigenvalue weighted by Gasteiger charge is -2.37. The number of rotatable bonds is 4. The largest absolute Gasteiger partial charge is 0.329 e. The number of hydrogen-bond donors (Lipinski definition) is 2. The number of amides is 1. The van der Waals surface area contributed by atoms with Crippen molar-refractivity contribution in [3.63, 3.8) is 0 Å². The normalized spacial score (nSPS) is 23.6. The number of nitrogens with one attached hydrogen (secondary N) is 1. The molecule has 1 aromatic rings. The predicted molar refractivity (Wildman–Crippen MR) is 85.6 cm³/mol. The fraction of sp³-hybridized carbons (Fsp3) is 0.533. The van der Waals surface area contributed by atoms with Crippen molar-refractivity contribution < 1.29 is 4.79 Å². The molecule has 1 aliphatic heterocycles. The lowest BCUT2D eigenvalue weighted by molar-refractivity contribution is -0.118. The van der Waals surface area contributed by atoms with Gasteiger partial charge in [0.25, 0.3) is 0 Å². The number of piperidine rings is 1. The van der Waals surface area contributed by atoms with E-state index >= 15 is 0 Å². The quantitative estimate of drug-likeness (QED) is 0.885. The number of benzene rings is 1. The van der Waals surface area contributed by atoms with Gasteiger partial charge in [0.1, 0.15) is 0 Å². The molecule has 1 aromatic carbocycles. The van der Waals surface area contributed by atoms with Gasteiger partial charge in [0.05, 0.1) is 6.54 Å². The maximum atomic E-state index is 12.1. The Labute approximate surface area is 128 Å². The third-order valence-electron chi connectivity index (χ3n) is 3.85. The lowest BCUT2D eigenvalue weighted by Crippen LogP contribution is -2.49. The van der Waals surface area contributed by atoms with E-state index in [2.05, 4.69) is 33.1 Å². The van der Waals surface area contributed by atoms with E-state index in [4.69, 9.17) is 5.73 Å². The number of halogens is 1. The summed E-state index contributed by atoms with van der Waals surface area (Å²) in [7, 11) is 0. The van der Waals surface area contributed by atoms with E-state index in [0.717, 1.165) is 29.5 Å². The average Bonchev–Trinajstić information content (AvgIpc) is 2.43. The second-order valence-corrected chi connectivity index (χ2v) is 6.46. The van der Waals surface area contributed by atoms with Gasteiger partial charge in [0.15, 0.2) is 0 Å². The summed E-state index contributed by atoms with van der Waals surface area (Å²) in [5.74, 6) is 0.731. The van der Waals surface area contributed by atoms with Gasteiger partial charge in [0, 0.05) is 22.7 Å². The van der Waals surface area contributed by atoms with E-state index in [1.165, 1.54) is 0 Å². The third kappa shape index (κ3) is 4.30. The Morgan fingerprint density at radius 1 is 1.45 bits per heavy atom. The van der Waals surface area contributed by atoms with E-state index in [1.54, 1.807) is 0 Å². The molecule has 20 heavy (non-hydrogen) atoms. The maximum absolute atomic E-state index is 12.1. The molecule has 1 amide bonds. The van der Waals surface area contributed by atoms with Crippen LogP contribution in [0.1, 0.15) is 19.8 Å². The van der Waals surface area contributed by atoms with Gasteiger partial charge in [-0.25, -0.2) is 0 Å². The zero-order chi connectivity index (χ0) is 14.5. The molecule has 0 bridgehead atoms. The first-order valence-electron chi connectivity index (χ1n) is 7.08. The fourth-order valence-corrected chi connectivity index (χ4v) is 2.94. The molecular weight excluding hydrogens is 318 g/mol. The highest BCUT2D eigenvalue weighted by atomic mass is 79.9. The summed E-state index contributed by atoms with van der Waals surface area (Å²) >= 11 is 3.38. The number of anilines is 1. The van der Waals surface area contributed by atoms with Crippen LogP contribution in [0.25, 0.3) is 0 Å². The molecule has 4 nitrogen and oxygen atoms in total. The number of likely N-dealkylation sites (tertiary alicyclic amines) is 1. The maximum Gasteiger partial charge on any atom is 0.238 e. The number of carbonyl (C=O) groups is 1. The van der Waals surface area contributed by atoms with E-state index in [0.29, 0.717) is 25.0 Å². The molecule has 5 heteroatoms. The second-order valence-electron chi connectivity index (χ2n) is 5.54. The SMILES string of the molecule is CC1CCN(CC(=O)Nc2ccc(Br)cc2)C(CN)C1. The van der Waals surface area contributed by atoms with Crippen molar-refractivity contribution in [3.05, 3.63) is 28.7 Å². The summed E-state index contributed by atoms with van der Waals surface area (Å²) in [6, 6.07) is 7.94. The highest BCUT2D eigenvalue weighted by Crippen LogP contribution is 2.21. The standard InChI is InChI=1S/C15H22BrN3O/c1-11-6-7-19(14(8-11)9-17)10-15(20)18-13-4-2-12(16)3-5-13/h2-5,11,14H,6-10,17H2,1H3,(H,18,20). The molecular formula is C15H22BrN3O. The van der Waals surface area contributed by atoms with Crippen LogP contribution in [-0.2, 0) is 4.79 Å². The number of carbonyl (C=O) groups excluding carboxylic acids is 1. The Bertz CT molecular complexity index is 449. The molecule has 3 N–H and O–H groups in total. The van der Waals surface area contributed by atoms with Gasteiger partial charge in [-0.05, 0) is 49.6 Å². The summed E-state index contributed by atoms with van der Waals surface area (Å²) in [6.45, 7) is 4.25. The average molecular weight is 340 g/mol. The van der Waals surface area contributed by atoms with Crippen molar-refractivity contribution in [2.45, 2.75) is 25.8 Å². The van der Waals surface area contributed by atoms with Gasteiger partial charge in [0.2, 0.25) is 5.91 Å². The zero-order valence-corrected chi connectivity index (χ0v) is 13.4. The van der Waals surface area contributed by atoms with Gasteiger partial charge in [-0.15, -0.1) is 0 Å². The molecule has 0 radical (unpaired) electrons. The molecule has 1 aliphatic rings. The Morgan fingerprint density at radius 3 is 2.80 bits per heavy atom. The van der Waals surface area contributed by atoms with Gasteiger partial charge in [-0.3, -0.25) is 9.69 Å². The monoisotopic (exact) mass is 339 g/mol.